The van der Waals surface area contributed by atoms with Crippen LogP contribution in [-0.2, 0) is 0 Å². The summed E-state index contributed by atoms with van der Waals surface area (Å²) in [4.78, 5) is 29.6. The van der Waals surface area contributed by atoms with Gasteiger partial charge < -0.3 is 15.6 Å². The van der Waals surface area contributed by atoms with Crippen molar-refractivity contribution in [3.05, 3.63) is 144 Å². The van der Waals surface area contributed by atoms with Gasteiger partial charge in [-0.25, -0.2) is 0 Å². The highest BCUT2D eigenvalue weighted by molar-refractivity contribution is 6.06. The molecule has 0 saturated carbocycles. The minimum Gasteiger partial charge on any atom is -0.360 e. The first kappa shape index (κ1) is 25.2. The van der Waals surface area contributed by atoms with Crippen molar-refractivity contribution in [2.24, 2.45) is 0 Å². The van der Waals surface area contributed by atoms with Crippen LogP contribution in [0.4, 0.5) is 0 Å². The number of hydrogen-bond donors (Lipinski definition) is 3. The van der Waals surface area contributed by atoms with E-state index in [1.807, 2.05) is 91.0 Å². The van der Waals surface area contributed by atoms with Crippen LogP contribution in [0.2, 0.25) is 0 Å². The minimum absolute atomic E-state index is 0.0448. The Morgan fingerprint density at radius 3 is 1.92 bits per heavy atom. The quantitative estimate of drug-likeness (QED) is 0.154. The second-order valence-corrected chi connectivity index (χ2v) is 9.35. The maximum absolute atomic E-state index is 13.7. The van der Waals surface area contributed by atoms with E-state index >= 15 is 0 Å². The molecule has 5 nitrogen and oxygen atoms in total. The molecule has 1 heterocycles. The molecule has 3 N–H and O–H groups in total. The van der Waals surface area contributed by atoms with Crippen molar-refractivity contribution in [3.63, 3.8) is 0 Å². The first-order valence-electron chi connectivity index (χ1n) is 13.0. The second-order valence-electron chi connectivity index (χ2n) is 9.35. The lowest BCUT2D eigenvalue weighted by molar-refractivity contribution is 0.0935. The highest BCUT2D eigenvalue weighted by Crippen LogP contribution is 2.30. The van der Waals surface area contributed by atoms with E-state index in [-0.39, 0.29) is 17.6 Å². The summed E-state index contributed by atoms with van der Waals surface area (Å²) in [5, 5.41) is 7.34. The Kier molecular flexibility index (Phi) is 8.07. The summed E-state index contributed by atoms with van der Waals surface area (Å²) in [6.07, 6.45) is 2.33. The van der Waals surface area contributed by atoms with Gasteiger partial charge in [0.05, 0.1) is 11.6 Å². The van der Waals surface area contributed by atoms with Crippen LogP contribution in [0, 0.1) is 0 Å². The number of rotatable bonds is 11. The maximum Gasteiger partial charge on any atom is 0.253 e. The molecule has 4 aromatic carbocycles. The number of Topliss-reactive ketones (excluding diaryl/α,β-unsaturated/α-hetero) is 1. The van der Waals surface area contributed by atoms with E-state index in [2.05, 4.69) is 39.9 Å². The molecule has 1 atom stereocenters. The third-order valence-corrected chi connectivity index (χ3v) is 6.89. The zero-order valence-corrected chi connectivity index (χ0v) is 21.1. The van der Waals surface area contributed by atoms with Gasteiger partial charge in [-0.1, -0.05) is 109 Å². The van der Waals surface area contributed by atoms with Crippen LogP contribution in [-0.4, -0.2) is 35.8 Å². The molecule has 0 spiro atoms. The number of amides is 1. The average Bonchev–Trinajstić information content (AvgIpc) is 3.42. The molecule has 0 radical (unpaired) electrons. The summed E-state index contributed by atoms with van der Waals surface area (Å²) in [6, 6.07) is 37.3. The lowest BCUT2D eigenvalue weighted by atomic mass is 9.84. The van der Waals surface area contributed by atoms with E-state index in [1.165, 1.54) is 11.1 Å². The van der Waals surface area contributed by atoms with Crippen LogP contribution in [0.3, 0.4) is 0 Å². The SMILES string of the molecule is O=C(NCCNC(CC(c1ccccc1)c1ccccc1)C(=O)c1ccccc1)c1c[nH]c2ccccc12. The van der Waals surface area contributed by atoms with Crippen molar-refractivity contribution in [2.45, 2.75) is 18.4 Å². The number of benzene rings is 4. The smallest absolute Gasteiger partial charge is 0.253 e. The Bertz CT molecular complexity index is 1440. The Balaban J connectivity index is 1.31. The predicted octanol–water partition coefficient (Wildman–Crippen LogP) is 5.96. The van der Waals surface area contributed by atoms with E-state index in [4.69, 9.17) is 0 Å². The van der Waals surface area contributed by atoms with Crippen LogP contribution >= 0.6 is 0 Å². The maximum atomic E-state index is 13.7. The van der Waals surface area contributed by atoms with Crippen LogP contribution in [0.25, 0.3) is 10.9 Å². The van der Waals surface area contributed by atoms with E-state index in [1.54, 1.807) is 6.20 Å². The summed E-state index contributed by atoms with van der Waals surface area (Å²) in [6.45, 7) is 0.867. The van der Waals surface area contributed by atoms with Gasteiger partial charge in [-0.3, -0.25) is 9.59 Å². The normalized spacial score (nSPS) is 11.9. The molecule has 0 aliphatic heterocycles. The first-order chi connectivity index (χ1) is 18.7. The summed E-state index contributed by atoms with van der Waals surface area (Å²) in [5.74, 6) is -0.0459. The largest absolute Gasteiger partial charge is 0.360 e. The Morgan fingerprint density at radius 2 is 1.26 bits per heavy atom. The minimum atomic E-state index is -0.423. The fourth-order valence-electron chi connectivity index (χ4n) is 4.93. The number of hydrogen-bond acceptors (Lipinski definition) is 3. The number of nitrogens with one attached hydrogen (secondary N) is 3. The average molecular weight is 502 g/mol. The Labute approximate surface area is 222 Å². The van der Waals surface area contributed by atoms with Crippen LogP contribution in [0.5, 0.6) is 0 Å². The second kappa shape index (κ2) is 12.2. The van der Waals surface area contributed by atoms with Gasteiger partial charge in [0.25, 0.3) is 5.91 Å². The molecule has 0 bridgehead atoms. The number of H-pyrrole nitrogens is 1. The van der Waals surface area contributed by atoms with Gasteiger partial charge in [0.15, 0.2) is 5.78 Å². The molecule has 5 aromatic rings. The lowest BCUT2D eigenvalue weighted by Gasteiger charge is -2.25. The summed E-state index contributed by atoms with van der Waals surface area (Å²) in [7, 11) is 0. The molecule has 5 rings (SSSR count). The van der Waals surface area contributed by atoms with Gasteiger partial charge in [-0.15, -0.1) is 0 Å². The van der Waals surface area contributed by atoms with E-state index < -0.39 is 6.04 Å². The van der Waals surface area contributed by atoms with Crippen molar-refractivity contribution in [1.29, 1.82) is 0 Å². The monoisotopic (exact) mass is 501 g/mol. The Hall–Kier alpha value is -4.48. The van der Waals surface area contributed by atoms with Gasteiger partial charge in [0.2, 0.25) is 0 Å². The molecule has 1 amide bonds. The number of para-hydroxylation sites is 1. The molecular formula is C33H31N3O2. The molecule has 0 saturated heterocycles. The van der Waals surface area contributed by atoms with Crippen molar-refractivity contribution in [2.75, 3.05) is 13.1 Å². The van der Waals surface area contributed by atoms with Crippen LogP contribution < -0.4 is 10.6 Å². The van der Waals surface area contributed by atoms with Gasteiger partial charge >= 0.3 is 0 Å². The molecule has 190 valence electrons. The van der Waals surface area contributed by atoms with Crippen molar-refractivity contribution in [3.8, 4) is 0 Å². The highest BCUT2D eigenvalue weighted by Gasteiger charge is 2.26. The molecule has 5 heteroatoms. The molecule has 38 heavy (non-hydrogen) atoms. The fourth-order valence-corrected chi connectivity index (χ4v) is 4.93. The lowest BCUT2D eigenvalue weighted by Crippen LogP contribution is -2.42. The van der Waals surface area contributed by atoms with E-state index in [0.29, 0.717) is 30.6 Å². The number of aromatic nitrogens is 1. The summed E-state index contributed by atoms with van der Waals surface area (Å²) >= 11 is 0. The van der Waals surface area contributed by atoms with Gasteiger partial charge in [-0.2, -0.15) is 0 Å². The van der Waals surface area contributed by atoms with Gasteiger partial charge in [0, 0.05) is 41.7 Å². The van der Waals surface area contributed by atoms with Gasteiger partial charge in [0.1, 0.15) is 0 Å². The van der Waals surface area contributed by atoms with Gasteiger partial charge in [-0.05, 0) is 23.6 Å². The zero-order valence-electron chi connectivity index (χ0n) is 21.1. The summed E-state index contributed by atoms with van der Waals surface area (Å²) < 4.78 is 0. The molecule has 0 aliphatic rings. The number of carbonyl (C=O) groups is 2. The third-order valence-electron chi connectivity index (χ3n) is 6.89. The topological polar surface area (TPSA) is 74.0 Å². The van der Waals surface area contributed by atoms with Crippen molar-refractivity contribution in [1.82, 2.24) is 15.6 Å². The van der Waals surface area contributed by atoms with Crippen molar-refractivity contribution >= 4 is 22.6 Å². The molecular weight excluding hydrogens is 470 g/mol. The number of fused-ring (bicyclic) bond motifs is 1. The first-order valence-corrected chi connectivity index (χ1v) is 13.0. The van der Waals surface area contributed by atoms with Crippen molar-refractivity contribution < 1.29 is 9.59 Å². The molecule has 1 aromatic heterocycles. The summed E-state index contributed by atoms with van der Waals surface area (Å²) in [5.41, 5.74) is 4.55. The number of carbonyl (C=O) groups excluding carboxylic acids is 2. The molecule has 0 fully saturated rings. The highest BCUT2D eigenvalue weighted by atomic mass is 16.1. The van der Waals surface area contributed by atoms with E-state index in [9.17, 15) is 9.59 Å². The zero-order chi connectivity index (χ0) is 26.2. The van der Waals surface area contributed by atoms with E-state index in [0.717, 1.165) is 10.9 Å². The molecule has 1 unspecified atom stereocenters. The Morgan fingerprint density at radius 1 is 0.684 bits per heavy atom. The van der Waals surface area contributed by atoms with Crippen LogP contribution in [0.15, 0.2) is 121 Å². The number of aromatic amines is 1. The fraction of sp³-hybridized carbons (Fsp3) is 0.152. The third kappa shape index (κ3) is 5.90. The standard InChI is InChI=1S/C33H31N3O2/c37-32(26-16-8-3-9-17-26)31(22-28(24-12-4-1-5-13-24)25-14-6-2-7-15-25)34-20-21-35-33(38)29-23-36-30-19-11-10-18-27(29)30/h1-19,23,28,31,34,36H,20-22H2,(H,35,38). The van der Waals surface area contributed by atoms with Crippen LogP contribution in [0.1, 0.15) is 44.2 Å². The number of ketones is 1. The predicted molar refractivity (Wildman–Crippen MR) is 153 cm³/mol. The molecule has 0 aliphatic carbocycles.